The Morgan fingerprint density at radius 3 is 2.25 bits per heavy atom. The molecule has 4 heteroatoms. The number of nitrogens with zero attached hydrogens (tertiary/aromatic N) is 2. The number of hydrogen-bond acceptors (Lipinski definition) is 3. The van der Waals surface area contributed by atoms with Crippen LogP contribution in [0.25, 0.3) is 0 Å². The van der Waals surface area contributed by atoms with Gasteiger partial charge in [-0.25, -0.2) is 0 Å². The number of likely N-dealkylation sites (tertiary alicyclic amines) is 1. The Balaban J connectivity index is 1.40. The summed E-state index contributed by atoms with van der Waals surface area (Å²) in [6.07, 6.45) is 12.2. The smallest absolute Gasteiger partial charge is 0.230 e. The summed E-state index contributed by atoms with van der Waals surface area (Å²) in [6, 6.07) is 0. The predicted octanol–water partition coefficient (Wildman–Crippen LogP) is 2.92. The van der Waals surface area contributed by atoms with E-state index in [1.54, 1.807) is 0 Å². The highest BCUT2D eigenvalue weighted by Gasteiger charge is 2.51. The number of amides is 1. The van der Waals surface area contributed by atoms with E-state index >= 15 is 0 Å². The Morgan fingerprint density at radius 1 is 1.04 bits per heavy atom. The lowest BCUT2D eigenvalue weighted by Crippen LogP contribution is -2.54. The molecular weight excluding hydrogens is 300 g/mol. The van der Waals surface area contributed by atoms with Crippen LogP contribution >= 0.6 is 0 Å². The molecule has 0 N–H and O–H groups in total. The summed E-state index contributed by atoms with van der Waals surface area (Å²) >= 11 is 0. The van der Waals surface area contributed by atoms with Crippen LogP contribution in [-0.4, -0.2) is 61.6 Å². The van der Waals surface area contributed by atoms with Crippen molar-refractivity contribution in [1.82, 2.24) is 9.80 Å². The maximum atomic E-state index is 12.5. The second-order valence-corrected chi connectivity index (χ2v) is 9.22. The topological polar surface area (TPSA) is 32.8 Å². The summed E-state index contributed by atoms with van der Waals surface area (Å²) in [5, 5.41) is 0. The fourth-order valence-corrected chi connectivity index (χ4v) is 6.06. The molecule has 2 saturated carbocycles. The maximum absolute atomic E-state index is 12.5. The van der Waals surface area contributed by atoms with Crippen molar-refractivity contribution in [1.29, 1.82) is 0 Å². The van der Waals surface area contributed by atoms with E-state index in [1.165, 1.54) is 57.8 Å². The van der Waals surface area contributed by atoms with Gasteiger partial charge in [0.15, 0.2) is 0 Å². The van der Waals surface area contributed by atoms with Gasteiger partial charge < -0.3 is 14.5 Å². The second kappa shape index (κ2) is 6.28. The molecule has 136 valence electrons. The molecular formula is C20H34N2O2. The molecule has 2 aliphatic carbocycles. The maximum Gasteiger partial charge on any atom is 0.230 e. The third kappa shape index (κ3) is 2.70. The van der Waals surface area contributed by atoms with E-state index in [9.17, 15) is 4.79 Å². The zero-order valence-electron chi connectivity index (χ0n) is 15.6. The van der Waals surface area contributed by atoms with Gasteiger partial charge in [-0.05, 0) is 70.4 Å². The van der Waals surface area contributed by atoms with E-state index in [-0.39, 0.29) is 5.92 Å². The third-order valence-electron chi connectivity index (χ3n) is 7.92. The second-order valence-electron chi connectivity index (χ2n) is 9.22. The molecule has 4 aliphatic rings. The molecule has 2 aliphatic heterocycles. The number of carbonyl (C=O) groups excluding carboxylic acids is 1. The standard InChI is InChI=1S/C20H34N2O2/c1-21(2)20(17-5-3-4-6-17)9-7-19(8-10-20)11-12-22(15-19)18(23)16-13-24-14-16/h16-17H,3-15H2,1-2H3. The molecule has 4 rings (SSSR count). The average Bonchev–Trinajstić information content (AvgIpc) is 3.17. The van der Waals surface area contributed by atoms with Gasteiger partial charge in [-0.15, -0.1) is 0 Å². The highest BCUT2D eigenvalue weighted by Crippen LogP contribution is 2.53. The number of carbonyl (C=O) groups is 1. The summed E-state index contributed by atoms with van der Waals surface area (Å²) in [4.78, 5) is 17.2. The minimum absolute atomic E-state index is 0.156. The number of hydrogen-bond donors (Lipinski definition) is 0. The van der Waals surface area contributed by atoms with Gasteiger partial charge in [-0.3, -0.25) is 4.79 Å². The van der Waals surface area contributed by atoms with Gasteiger partial charge in [0.1, 0.15) is 0 Å². The highest BCUT2D eigenvalue weighted by atomic mass is 16.5. The van der Waals surface area contributed by atoms with Crippen LogP contribution in [0.15, 0.2) is 0 Å². The summed E-state index contributed by atoms with van der Waals surface area (Å²) in [5.41, 5.74) is 0.847. The molecule has 1 spiro atoms. The zero-order chi connectivity index (χ0) is 16.8. The molecule has 0 aromatic rings. The fourth-order valence-electron chi connectivity index (χ4n) is 6.06. The van der Waals surface area contributed by atoms with Crippen molar-refractivity contribution in [2.75, 3.05) is 40.4 Å². The summed E-state index contributed by atoms with van der Waals surface area (Å²) in [6.45, 7) is 3.28. The molecule has 2 saturated heterocycles. The predicted molar refractivity (Wildman–Crippen MR) is 94.8 cm³/mol. The normalized spacial score (nSPS) is 38.2. The quantitative estimate of drug-likeness (QED) is 0.795. The summed E-state index contributed by atoms with van der Waals surface area (Å²) in [7, 11) is 4.61. The van der Waals surface area contributed by atoms with E-state index in [0.29, 0.717) is 30.1 Å². The lowest BCUT2D eigenvalue weighted by molar-refractivity contribution is -0.149. The summed E-state index contributed by atoms with van der Waals surface area (Å²) in [5.74, 6) is 1.41. The van der Waals surface area contributed by atoms with E-state index in [0.717, 1.165) is 19.0 Å². The van der Waals surface area contributed by atoms with Crippen molar-refractivity contribution in [2.24, 2.45) is 17.3 Å². The van der Waals surface area contributed by atoms with E-state index < -0.39 is 0 Å². The zero-order valence-corrected chi connectivity index (χ0v) is 15.6. The van der Waals surface area contributed by atoms with Crippen LogP contribution in [0.5, 0.6) is 0 Å². The van der Waals surface area contributed by atoms with Crippen molar-refractivity contribution < 1.29 is 9.53 Å². The number of rotatable bonds is 3. The molecule has 0 aromatic heterocycles. The lowest BCUT2D eigenvalue weighted by atomic mass is 9.62. The first kappa shape index (κ1) is 16.8. The van der Waals surface area contributed by atoms with Crippen molar-refractivity contribution in [3.63, 3.8) is 0 Å². The molecule has 24 heavy (non-hydrogen) atoms. The van der Waals surface area contributed by atoms with Gasteiger partial charge in [-0.1, -0.05) is 12.8 Å². The van der Waals surface area contributed by atoms with Crippen molar-refractivity contribution in [3.05, 3.63) is 0 Å². The van der Waals surface area contributed by atoms with Crippen LogP contribution in [0.3, 0.4) is 0 Å². The van der Waals surface area contributed by atoms with Gasteiger partial charge in [-0.2, -0.15) is 0 Å². The van der Waals surface area contributed by atoms with Gasteiger partial charge >= 0.3 is 0 Å². The Morgan fingerprint density at radius 2 is 1.71 bits per heavy atom. The van der Waals surface area contributed by atoms with Crippen LogP contribution in [0.2, 0.25) is 0 Å². The highest BCUT2D eigenvalue weighted by molar-refractivity contribution is 5.80. The van der Waals surface area contributed by atoms with Crippen LogP contribution < -0.4 is 0 Å². The first-order valence-electron chi connectivity index (χ1n) is 10.1. The molecule has 0 aromatic carbocycles. The largest absolute Gasteiger partial charge is 0.380 e. The van der Waals surface area contributed by atoms with Crippen LogP contribution in [-0.2, 0) is 9.53 Å². The summed E-state index contributed by atoms with van der Waals surface area (Å²) < 4.78 is 5.21. The lowest BCUT2D eigenvalue weighted by Gasteiger charge is -2.52. The molecule has 0 bridgehead atoms. The SMILES string of the molecule is CN(C)C1(C2CCCC2)CCC2(CCN(C(=O)C3COC3)C2)CC1. The third-order valence-corrected chi connectivity index (χ3v) is 7.92. The molecule has 4 nitrogen and oxygen atoms in total. The Hall–Kier alpha value is -0.610. The van der Waals surface area contributed by atoms with Crippen molar-refractivity contribution in [2.45, 2.75) is 63.3 Å². The van der Waals surface area contributed by atoms with Crippen LogP contribution in [0.1, 0.15) is 57.8 Å². The van der Waals surface area contributed by atoms with E-state index in [4.69, 9.17) is 4.74 Å². The molecule has 4 fully saturated rings. The van der Waals surface area contributed by atoms with Crippen molar-refractivity contribution in [3.8, 4) is 0 Å². The van der Waals surface area contributed by atoms with E-state index in [1.807, 2.05) is 0 Å². The Bertz CT molecular complexity index is 472. The van der Waals surface area contributed by atoms with Gasteiger partial charge in [0.25, 0.3) is 0 Å². The number of ether oxygens (including phenoxy) is 1. The van der Waals surface area contributed by atoms with Gasteiger partial charge in [0, 0.05) is 18.6 Å². The Kier molecular flexibility index (Phi) is 4.41. The first-order chi connectivity index (χ1) is 11.5. The van der Waals surface area contributed by atoms with Crippen LogP contribution in [0, 0.1) is 17.3 Å². The minimum atomic E-state index is 0.156. The molecule has 2 heterocycles. The van der Waals surface area contributed by atoms with Gasteiger partial charge in [0.2, 0.25) is 5.91 Å². The van der Waals surface area contributed by atoms with E-state index in [2.05, 4.69) is 23.9 Å². The molecule has 0 atom stereocenters. The Labute approximate surface area is 146 Å². The van der Waals surface area contributed by atoms with Crippen molar-refractivity contribution >= 4 is 5.91 Å². The fraction of sp³-hybridized carbons (Fsp3) is 0.950. The molecule has 0 radical (unpaired) electrons. The minimum Gasteiger partial charge on any atom is -0.380 e. The van der Waals surface area contributed by atoms with Crippen LogP contribution in [0.4, 0.5) is 0 Å². The average molecular weight is 335 g/mol. The molecule has 0 unspecified atom stereocenters. The first-order valence-corrected chi connectivity index (χ1v) is 10.1. The molecule has 1 amide bonds. The monoisotopic (exact) mass is 334 g/mol. The van der Waals surface area contributed by atoms with Gasteiger partial charge in [0.05, 0.1) is 19.1 Å².